The fourth-order valence-corrected chi connectivity index (χ4v) is 2.36. The van der Waals surface area contributed by atoms with Gasteiger partial charge in [-0.2, -0.15) is 13.5 Å². The number of halogens is 2. The number of aryl methyl sites for hydroxylation is 1. The van der Waals surface area contributed by atoms with E-state index in [0.717, 1.165) is 0 Å². The van der Waals surface area contributed by atoms with Crippen molar-refractivity contribution in [2.75, 3.05) is 17.2 Å². The van der Waals surface area contributed by atoms with Gasteiger partial charge in [-0.3, -0.25) is 4.68 Å². The van der Waals surface area contributed by atoms with Crippen LogP contribution in [0.25, 0.3) is 0 Å². The Kier molecular flexibility index (Phi) is 4.56. The highest BCUT2D eigenvalue weighted by molar-refractivity contribution is 7.86. The van der Waals surface area contributed by atoms with Gasteiger partial charge in [0.15, 0.2) is 5.82 Å². The van der Waals surface area contributed by atoms with Crippen molar-refractivity contribution in [3.05, 3.63) is 47.9 Å². The number of aromatic nitrogens is 2. The lowest BCUT2D eigenvalue weighted by molar-refractivity contribution is 0.550. The summed E-state index contributed by atoms with van der Waals surface area (Å²) < 4.78 is 48.9. The molecule has 1 aromatic heterocycles. The van der Waals surface area contributed by atoms with E-state index in [9.17, 15) is 16.7 Å². The van der Waals surface area contributed by atoms with Crippen molar-refractivity contribution in [3.63, 3.8) is 0 Å². The normalized spacial score (nSPS) is 11.6. The molecule has 0 spiro atoms. The van der Waals surface area contributed by atoms with E-state index in [1.807, 2.05) is 0 Å². The molecule has 5 nitrogen and oxygen atoms in total. The molecule has 0 fully saturated rings. The van der Waals surface area contributed by atoms with Gasteiger partial charge in [-0.1, -0.05) is 12.1 Å². The van der Waals surface area contributed by atoms with Gasteiger partial charge in [0.1, 0.15) is 5.82 Å². The number of nitrogens with zero attached hydrogens (tertiary/aromatic N) is 3. The van der Waals surface area contributed by atoms with Crippen LogP contribution in [0.3, 0.4) is 0 Å². The lowest BCUT2D eigenvalue weighted by Crippen LogP contribution is -2.28. The van der Waals surface area contributed by atoms with E-state index >= 15 is 0 Å². The largest absolute Gasteiger partial charge is 0.350 e. The molecule has 2 aromatic rings. The molecule has 0 saturated heterocycles. The van der Waals surface area contributed by atoms with E-state index in [-0.39, 0.29) is 18.9 Å². The number of benzene rings is 1. The highest BCUT2D eigenvalue weighted by atomic mass is 32.3. The summed E-state index contributed by atoms with van der Waals surface area (Å²) in [5.74, 6) is -0.518. The molecule has 2 rings (SSSR count). The average Bonchev–Trinajstić information content (AvgIpc) is 2.80. The van der Waals surface area contributed by atoms with Crippen molar-refractivity contribution in [2.45, 2.75) is 6.54 Å². The zero-order valence-electron chi connectivity index (χ0n) is 11.4. The van der Waals surface area contributed by atoms with Gasteiger partial charge >= 0.3 is 10.2 Å². The summed E-state index contributed by atoms with van der Waals surface area (Å²) in [5.41, 5.74) is 0.650. The Hall–Kier alpha value is -1.96. The average molecular weight is 315 g/mol. The van der Waals surface area contributed by atoms with Gasteiger partial charge in [0.05, 0.1) is 5.75 Å². The standard InChI is InChI=1S/C13H15F2N3O2S/c1-17-6-5-13(16-17)18(7-8-21(15,19)20)10-11-3-2-4-12(14)9-11/h2-6,9H,7-8,10H2,1H3. The van der Waals surface area contributed by atoms with Crippen LogP contribution in [0.2, 0.25) is 0 Å². The molecule has 0 aliphatic carbocycles. The summed E-state index contributed by atoms with van der Waals surface area (Å²) in [5, 5.41) is 4.16. The molecule has 1 heterocycles. The quantitative estimate of drug-likeness (QED) is 0.764. The van der Waals surface area contributed by atoms with E-state index in [1.54, 1.807) is 41.0 Å². The monoisotopic (exact) mass is 315 g/mol. The van der Waals surface area contributed by atoms with E-state index in [0.29, 0.717) is 11.4 Å². The Bertz CT molecular complexity index is 716. The molecule has 0 saturated carbocycles. The predicted molar refractivity (Wildman–Crippen MR) is 75.6 cm³/mol. The van der Waals surface area contributed by atoms with Gasteiger partial charge in [-0.15, -0.1) is 3.89 Å². The van der Waals surface area contributed by atoms with Crippen molar-refractivity contribution in [2.24, 2.45) is 7.05 Å². The maximum Gasteiger partial charge on any atom is 0.304 e. The molecular formula is C13H15F2N3O2S. The van der Waals surface area contributed by atoms with Gasteiger partial charge in [-0.05, 0) is 17.7 Å². The van der Waals surface area contributed by atoms with Crippen LogP contribution in [-0.4, -0.2) is 30.5 Å². The zero-order chi connectivity index (χ0) is 15.5. The first-order chi connectivity index (χ1) is 9.83. The first-order valence-electron chi connectivity index (χ1n) is 6.25. The second-order valence-electron chi connectivity index (χ2n) is 4.64. The van der Waals surface area contributed by atoms with Crippen LogP contribution >= 0.6 is 0 Å². The molecule has 0 N–H and O–H groups in total. The zero-order valence-corrected chi connectivity index (χ0v) is 12.2. The molecule has 0 aliphatic heterocycles. The lowest BCUT2D eigenvalue weighted by atomic mass is 10.2. The summed E-state index contributed by atoms with van der Waals surface area (Å²) in [6.07, 6.45) is 1.69. The third-order valence-electron chi connectivity index (χ3n) is 2.89. The van der Waals surface area contributed by atoms with Crippen LogP contribution in [0.4, 0.5) is 14.1 Å². The molecule has 0 unspecified atom stereocenters. The van der Waals surface area contributed by atoms with Crippen LogP contribution in [0, 0.1) is 5.82 Å². The van der Waals surface area contributed by atoms with Crippen molar-refractivity contribution in [1.29, 1.82) is 0 Å². The molecule has 0 amide bonds. The molecule has 8 heteroatoms. The smallest absolute Gasteiger partial charge is 0.304 e. The van der Waals surface area contributed by atoms with E-state index in [2.05, 4.69) is 5.10 Å². The van der Waals surface area contributed by atoms with Crippen LogP contribution in [0.5, 0.6) is 0 Å². The SMILES string of the molecule is Cn1ccc(N(CCS(=O)(=O)F)Cc2cccc(F)c2)n1. The second-order valence-corrected chi connectivity index (χ2v) is 6.13. The minimum atomic E-state index is -4.57. The van der Waals surface area contributed by atoms with Gasteiger partial charge < -0.3 is 4.90 Å². The lowest BCUT2D eigenvalue weighted by Gasteiger charge is -2.21. The van der Waals surface area contributed by atoms with Crippen molar-refractivity contribution in [3.8, 4) is 0 Å². The predicted octanol–water partition coefficient (Wildman–Crippen LogP) is 1.87. The van der Waals surface area contributed by atoms with Crippen LogP contribution < -0.4 is 4.90 Å². The molecular weight excluding hydrogens is 300 g/mol. The van der Waals surface area contributed by atoms with Crippen molar-refractivity contribution >= 4 is 16.0 Å². The molecule has 21 heavy (non-hydrogen) atoms. The Labute approximate surface area is 122 Å². The van der Waals surface area contributed by atoms with Crippen LogP contribution in [0.1, 0.15) is 5.56 Å². The molecule has 1 aromatic carbocycles. The maximum absolute atomic E-state index is 13.2. The summed E-state index contributed by atoms with van der Waals surface area (Å²) in [4.78, 5) is 1.59. The summed E-state index contributed by atoms with van der Waals surface area (Å²) >= 11 is 0. The Morgan fingerprint density at radius 2 is 2.10 bits per heavy atom. The Morgan fingerprint density at radius 1 is 1.33 bits per heavy atom. The minimum Gasteiger partial charge on any atom is -0.350 e. The molecule has 114 valence electrons. The maximum atomic E-state index is 13.2. The third kappa shape index (κ3) is 4.82. The summed E-state index contributed by atoms with van der Waals surface area (Å²) in [6, 6.07) is 7.63. The van der Waals surface area contributed by atoms with Gasteiger partial charge in [0.2, 0.25) is 0 Å². The number of hydrogen-bond acceptors (Lipinski definition) is 4. The van der Waals surface area contributed by atoms with Crippen LogP contribution in [-0.2, 0) is 23.8 Å². The number of hydrogen-bond donors (Lipinski definition) is 0. The third-order valence-corrected chi connectivity index (χ3v) is 3.56. The first kappa shape index (κ1) is 15.4. The van der Waals surface area contributed by atoms with Crippen LogP contribution in [0.15, 0.2) is 36.5 Å². The van der Waals surface area contributed by atoms with E-state index < -0.39 is 16.0 Å². The summed E-state index contributed by atoms with van der Waals surface area (Å²) in [6.45, 7) is 0.177. The topological polar surface area (TPSA) is 55.2 Å². The number of anilines is 1. The molecule has 0 radical (unpaired) electrons. The second kappa shape index (κ2) is 6.21. The molecule has 0 bridgehead atoms. The molecule has 0 atom stereocenters. The Morgan fingerprint density at radius 3 is 2.67 bits per heavy atom. The first-order valence-corrected chi connectivity index (χ1v) is 7.80. The molecule has 0 aliphatic rings. The van der Waals surface area contributed by atoms with Crippen molar-refractivity contribution in [1.82, 2.24) is 9.78 Å². The minimum absolute atomic E-state index is 0.0631. The fraction of sp³-hybridized carbons (Fsp3) is 0.308. The fourth-order valence-electron chi connectivity index (χ4n) is 1.92. The highest BCUT2D eigenvalue weighted by Crippen LogP contribution is 2.15. The van der Waals surface area contributed by atoms with E-state index in [1.165, 1.54) is 12.1 Å². The van der Waals surface area contributed by atoms with Gasteiger partial charge in [0, 0.05) is 32.4 Å². The Balaban J connectivity index is 2.19. The highest BCUT2D eigenvalue weighted by Gasteiger charge is 2.15. The van der Waals surface area contributed by atoms with Gasteiger partial charge in [0.25, 0.3) is 0 Å². The van der Waals surface area contributed by atoms with E-state index in [4.69, 9.17) is 0 Å². The van der Waals surface area contributed by atoms with Crippen molar-refractivity contribution < 1.29 is 16.7 Å². The summed E-state index contributed by atoms with van der Waals surface area (Å²) in [7, 11) is -2.85. The van der Waals surface area contributed by atoms with Gasteiger partial charge in [-0.25, -0.2) is 4.39 Å². The number of rotatable bonds is 6.